The zero-order valence-electron chi connectivity index (χ0n) is 78.6. The minimum atomic E-state index is -5.75. The van der Waals surface area contributed by atoms with E-state index in [1.54, 1.807) is 0 Å². The molecule has 6 aliphatic rings. The van der Waals surface area contributed by atoms with Crippen LogP contribution in [0.3, 0.4) is 0 Å². The van der Waals surface area contributed by atoms with Gasteiger partial charge in [-0.1, -0.05) is 252 Å². The van der Waals surface area contributed by atoms with Gasteiger partial charge in [0.05, 0.1) is 52.3 Å². The zero-order valence-corrected chi connectivity index (χ0v) is 80.4. The maximum atomic E-state index is 14.6. The number of phosphoric acid groups is 2. The van der Waals surface area contributed by atoms with Gasteiger partial charge in [-0.3, -0.25) is 32.5 Å². The first kappa shape index (κ1) is 120. The van der Waals surface area contributed by atoms with Crippen molar-refractivity contribution >= 4 is 33.6 Å². The molecule has 23 N–H and O–H groups in total. The largest absolute Gasteiger partial charge is 0.472 e. The maximum Gasteiger partial charge on any atom is 0.472 e. The summed E-state index contributed by atoms with van der Waals surface area (Å²) in [6.45, 7) is -1.20. The van der Waals surface area contributed by atoms with E-state index in [-0.39, 0.29) is 32.2 Å². The number of esters is 3. The van der Waals surface area contributed by atoms with Gasteiger partial charge in [-0.2, -0.15) is 0 Å². The Morgan fingerprint density at radius 2 is 0.664 bits per heavy atom. The topological polar surface area (TPSA) is 679 Å². The molecule has 5 saturated heterocycles. The van der Waals surface area contributed by atoms with Crippen LogP contribution in [0.4, 0.5) is 0 Å². The lowest BCUT2D eigenvalue weighted by molar-refractivity contribution is -0.396. The number of unbranched alkanes of at least 4 members (excludes halogenated alkanes) is 36. The first-order valence-electron chi connectivity index (χ1n) is 49.4. The second-order valence-electron chi connectivity index (χ2n) is 36.4. The summed E-state index contributed by atoms with van der Waals surface area (Å²) in [4.78, 5) is 63.0. The van der Waals surface area contributed by atoms with Gasteiger partial charge in [-0.25, -0.2) is 9.13 Å². The fraction of sp³-hybridized carbons (Fsp3) is 0.966. The maximum absolute atomic E-state index is 14.6. The van der Waals surface area contributed by atoms with E-state index in [0.717, 1.165) is 109 Å². The smallest absolute Gasteiger partial charge is 0.462 e. The number of hydrogen-bond acceptors (Lipinski definition) is 41. The number of rotatable bonds is 71. The summed E-state index contributed by atoms with van der Waals surface area (Å²) in [7, 11) is -10.7. The molecule has 34 atom stereocenters. The van der Waals surface area contributed by atoms with Gasteiger partial charge in [-0.15, -0.1) is 0 Å². The van der Waals surface area contributed by atoms with Crippen LogP contribution in [0.2, 0.25) is 0 Å². The number of aliphatic hydroxyl groups excluding tert-OH is 17. The Morgan fingerprint density at radius 1 is 0.321 bits per heavy atom. The van der Waals surface area contributed by atoms with Gasteiger partial charge in [0, 0.05) is 25.8 Å². The van der Waals surface area contributed by atoms with Crippen molar-refractivity contribution in [3.8, 4) is 0 Å². The SMILES string of the molecule is CCCCCCCCCCCCCCCC(=O)OC[C@H](COP(=O)(O)O[C@@H]1[C@H](OC(=O)CCCCCCCCCCCCCCC)[C@H](O)[C@@H](O)[C@H](O)[C@H]1O[C@H]1O[C@H](CO)[C@@H](O[C@H]2O[C@H](CO[C@H]3O[C@H](CO)[C@@H](O)[C@H](O)[C@@H]3O[C@H]3O[C@H](COP(=O)(O)OCCN)[C@@H](O)[C@H](O)[C@@H]3O[C@H]3O[C@H](CO)[C@@H](O)[C@H](O)[C@@H]3O)[C@@H](O)[C@H](O)[C@@H]2O)[C@H](O)[C@H]1N)OC(=O)CCCCCCCCCCCCCCC. The lowest BCUT2D eigenvalue weighted by atomic mass is 9.84. The van der Waals surface area contributed by atoms with E-state index in [1.807, 2.05) is 0 Å². The summed E-state index contributed by atoms with van der Waals surface area (Å²) < 4.78 is 124. The monoisotopic (exact) mass is 1980 g/mol. The normalized spacial score (nSPS) is 34.3. The molecule has 0 amide bonds. The van der Waals surface area contributed by atoms with Crippen molar-refractivity contribution < 1.29 is 200 Å². The highest BCUT2D eigenvalue weighted by atomic mass is 31.2. The minimum Gasteiger partial charge on any atom is -0.462 e. The molecule has 2 unspecified atom stereocenters. The van der Waals surface area contributed by atoms with Gasteiger partial charge < -0.3 is 170 Å². The molecule has 45 heteroatoms. The summed E-state index contributed by atoms with van der Waals surface area (Å²) in [5, 5.41) is 191. The molecule has 134 heavy (non-hydrogen) atoms. The lowest BCUT2D eigenvalue weighted by Gasteiger charge is -2.49. The van der Waals surface area contributed by atoms with Gasteiger partial charge >= 0.3 is 33.6 Å². The van der Waals surface area contributed by atoms with Crippen molar-refractivity contribution in [2.24, 2.45) is 11.5 Å². The fourth-order valence-electron chi connectivity index (χ4n) is 17.2. The van der Waals surface area contributed by atoms with Gasteiger partial charge in [-0.05, 0) is 19.3 Å². The van der Waals surface area contributed by atoms with Crippen LogP contribution < -0.4 is 11.5 Å². The standard InChI is InChI=1S/C89H166N2O41P2/c1-4-7-10-13-16-19-22-25-28-31-34-37-40-43-61(95)116-51-55(121-62(96)44-41-38-35-32-29-26-23-20-17-14-11-8-5-2)52-119-134(114,115)132-84-80(127-63(97)45-42-39-36-33-30-27-24-21-18-15-12-9-6-3)75(108)72(105)76(109)81(84)129-85-64(91)69(102)79(58(50-94)124-85)128-87-78(111)71(104)67(100)59(125-87)53-117-88-82(73(106)66(99)57(49-93)123-88)131-89-83(130-86-77(110)70(103)65(98)56(48-92)122-86)74(107)68(101)60(126-89)54-120-133(112,113)118-47-46-90/h55-60,64-89,92-94,98-111H,4-54,90-91H2,1-3H3,(H,112,113)(H,114,115)/t55-,56-,57-,58-,59-,60-,64-,65-,66-,67-,68-,69-,70+,71+,72-,73+,74+,75-,76+,77+,78+,79-,80-,81-,82+,83+,84-,85-,86-,87-,88+,89-/m1/s1. The molecule has 0 aromatic rings. The fourth-order valence-corrected chi connectivity index (χ4v) is 18.9. The third-order valence-corrected chi connectivity index (χ3v) is 27.4. The Morgan fingerprint density at radius 3 is 1.13 bits per heavy atom. The Bertz CT molecular complexity index is 3210. The second-order valence-corrected chi connectivity index (χ2v) is 39.3. The van der Waals surface area contributed by atoms with Crippen LogP contribution in [-0.4, -0.2) is 370 Å². The van der Waals surface area contributed by atoms with Gasteiger partial charge in [0.25, 0.3) is 0 Å². The predicted molar refractivity (Wildman–Crippen MR) is 475 cm³/mol. The number of hydrogen-bond donors (Lipinski definition) is 21. The summed E-state index contributed by atoms with van der Waals surface area (Å²) in [6.07, 6.45) is -26.2. The second kappa shape index (κ2) is 65.7. The number of nitrogens with two attached hydrogens (primary N) is 2. The van der Waals surface area contributed by atoms with Gasteiger partial charge in [0.1, 0.15) is 153 Å². The molecule has 0 radical (unpaired) electrons. The Balaban J connectivity index is 1.20. The van der Waals surface area contributed by atoms with Crippen molar-refractivity contribution in [3.05, 3.63) is 0 Å². The lowest BCUT2D eigenvalue weighted by Crippen LogP contribution is -2.70. The van der Waals surface area contributed by atoms with E-state index in [1.165, 1.54) is 109 Å². The molecule has 0 aromatic heterocycles. The number of phosphoric ester groups is 2. The van der Waals surface area contributed by atoms with E-state index in [2.05, 4.69) is 20.8 Å². The zero-order chi connectivity index (χ0) is 98.3. The molecular weight excluding hydrogens is 1810 g/mol. The minimum absolute atomic E-state index is 0.0110. The summed E-state index contributed by atoms with van der Waals surface area (Å²) >= 11 is 0. The first-order valence-corrected chi connectivity index (χ1v) is 52.4. The number of ether oxygens (including phenoxy) is 13. The van der Waals surface area contributed by atoms with Crippen LogP contribution in [-0.2, 0) is 103 Å². The van der Waals surface area contributed by atoms with Crippen LogP contribution in [0.1, 0.15) is 290 Å². The van der Waals surface area contributed by atoms with Crippen molar-refractivity contribution in [1.82, 2.24) is 0 Å². The highest BCUT2D eigenvalue weighted by molar-refractivity contribution is 7.47. The molecule has 788 valence electrons. The van der Waals surface area contributed by atoms with Crippen LogP contribution in [0.25, 0.3) is 0 Å². The van der Waals surface area contributed by atoms with E-state index in [4.69, 9.17) is 91.1 Å². The number of carbonyl (C=O) groups is 3. The average Bonchev–Trinajstić information content (AvgIpc) is 0.767. The molecule has 0 bridgehead atoms. The van der Waals surface area contributed by atoms with Gasteiger partial charge in [0.15, 0.2) is 43.7 Å². The molecule has 6 rings (SSSR count). The van der Waals surface area contributed by atoms with E-state index >= 15 is 0 Å². The quantitative estimate of drug-likeness (QED) is 0.0180. The van der Waals surface area contributed by atoms with Crippen LogP contribution in [0, 0.1) is 0 Å². The number of aliphatic hydroxyl groups is 17. The third kappa shape index (κ3) is 40.9. The molecule has 1 saturated carbocycles. The predicted octanol–water partition coefficient (Wildman–Crippen LogP) is 2.94. The molecule has 1 aliphatic carbocycles. The average molecular weight is 1980 g/mol. The van der Waals surface area contributed by atoms with Crippen molar-refractivity contribution in [2.45, 2.75) is 487 Å². The van der Waals surface area contributed by atoms with Crippen molar-refractivity contribution in [2.75, 3.05) is 59.4 Å². The molecule has 43 nitrogen and oxygen atoms in total. The molecule has 0 aromatic carbocycles. The summed E-state index contributed by atoms with van der Waals surface area (Å²) in [5.74, 6) is -2.40. The Labute approximate surface area is 787 Å². The summed E-state index contributed by atoms with van der Waals surface area (Å²) in [5.41, 5.74) is 12.0. The molecule has 0 spiro atoms. The third-order valence-electron chi connectivity index (χ3n) is 25.4. The Hall–Kier alpha value is -2.53. The van der Waals surface area contributed by atoms with Crippen molar-refractivity contribution in [1.29, 1.82) is 0 Å². The van der Waals surface area contributed by atoms with Crippen molar-refractivity contribution in [3.63, 3.8) is 0 Å². The highest BCUT2D eigenvalue weighted by Gasteiger charge is 2.60. The summed E-state index contributed by atoms with van der Waals surface area (Å²) in [6, 6.07) is -1.98. The first-order chi connectivity index (χ1) is 64.2. The molecule has 6 fully saturated rings. The Kier molecular flexibility index (Phi) is 58.9. The van der Waals surface area contributed by atoms with Crippen LogP contribution in [0.5, 0.6) is 0 Å². The number of carbonyl (C=O) groups excluding carboxylic acids is 3. The van der Waals surface area contributed by atoms with E-state index in [0.29, 0.717) is 25.7 Å². The van der Waals surface area contributed by atoms with Crippen LogP contribution >= 0.6 is 15.6 Å². The molecular formula is C89H166N2O41P2. The molecule has 5 heterocycles. The molecule has 5 aliphatic heterocycles. The van der Waals surface area contributed by atoms with E-state index < -0.39 is 283 Å². The van der Waals surface area contributed by atoms with Gasteiger partial charge in [0.2, 0.25) is 0 Å². The highest BCUT2D eigenvalue weighted by Crippen LogP contribution is 2.49. The van der Waals surface area contributed by atoms with E-state index in [9.17, 15) is 120 Å². The van der Waals surface area contributed by atoms with Crippen LogP contribution in [0.15, 0.2) is 0 Å².